The maximum Gasteiger partial charge on any atom is 0.311 e. The van der Waals surface area contributed by atoms with Crippen LogP contribution in [0.5, 0.6) is 11.5 Å². The molecule has 0 saturated carbocycles. The third-order valence-electron chi connectivity index (χ3n) is 2.74. The normalized spacial score (nSPS) is 10.2. The summed E-state index contributed by atoms with van der Waals surface area (Å²) in [5.74, 6) is -1.41. The Morgan fingerprint density at radius 3 is 2.29 bits per heavy atom. The van der Waals surface area contributed by atoms with Gasteiger partial charge in [-0.2, -0.15) is 12.6 Å². The number of nitrogens with zero attached hydrogens (tertiary/aromatic N) is 2. The lowest BCUT2D eigenvalue weighted by Gasteiger charge is -2.14. The van der Waals surface area contributed by atoms with E-state index in [1.165, 1.54) is 18.2 Å². The van der Waals surface area contributed by atoms with Crippen molar-refractivity contribution < 1.29 is 34.5 Å². The van der Waals surface area contributed by atoms with Gasteiger partial charge in [0.15, 0.2) is 0 Å². The molecule has 1 aromatic carbocycles. The minimum Gasteiger partial charge on any atom is -0.508 e. The Balaban J connectivity index is 2.65. The van der Waals surface area contributed by atoms with Crippen LogP contribution in [-0.4, -0.2) is 34.5 Å². The number of aromatic hydroxyl groups is 1. The average molecular weight is 362 g/mol. The van der Waals surface area contributed by atoms with Gasteiger partial charge in [0.05, 0.1) is 6.42 Å². The lowest BCUT2D eigenvalue weighted by atomic mass is 10.1. The van der Waals surface area contributed by atoms with Gasteiger partial charge in [-0.05, 0) is 18.2 Å². The van der Waals surface area contributed by atoms with E-state index in [9.17, 15) is 30.1 Å². The summed E-state index contributed by atoms with van der Waals surface area (Å²) in [5, 5.41) is 27.7. The standard InChI is InChI=1S/C12H14N2O9S/c15-11-2-1-10(4-9(11)7-24)23-12(16)3-8(5-21-13(17)18)6-22-14(19)20/h1-2,4,8,15,24H,3,5-7H2. The Bertz CT molecular complexity index is 592. The van der Waals surface area contributed by atoms with E-state index in [4.69, 9.17) is 4.74 Å². The molecule has 1 N–H and O–H groups in total. The maximum atomic E-state index is 11.8. The topological polar surface area (TPSA) is 151 Å². The molecular formula is C12H14N2O9S. The van der Waals surface area contributed by atoms with Crippen molar-refractivity contribution in [2.75, 3.05) is 13.2 Å². The maximum absolute atomic E-state index is 11.8. The Kier molecular flexibility index (Phi) is 7.55. The van der Waals surface area contributed by atoms with Crippen LogP contribution in [0.3, 0.4) is 0 Å². The molecule has 0 fully saturated rings. The van der Waals surface area contributed by atoms with Crippen molar-refractivity contribution in [2.45, 2.75) is 12.2 Å². The van der Waals surface area contributed by atoms with E-state index < -0.39 is 41.7 Å². The van der Waals surface area contributed by atoms with E-state index in [-0.39, 0.29) is 17.3 Å². The third kappa shape index (κ3) is 7.00. The molecule has 0 radical (unpaired) electrons. The molecular weight excluding hydrogens is 348 g/mol. The van der Waals surface area contributed by atoms with Crippen LogP contribution in [0.15, 0.2) is 18.2 Å². The first-order valence-corrected chi connectivity index (χ1v) is 7.13. The number of hydrogen-bond donors (Lipinski definition) is 2. The summed E-state index contributed by atoms with van der Waals surface area (Å²) in [6.07, 6.45) is -0.404. The minimum absolute atomic E-state index is 0.0126. The molecule has 0 aliphatic rings. The molecule has 0 amide bonds. The molecule has 12 heteroatoms. The fourth-order valence-corrected chi connectivity index (χ4v) is 1.91. The van der Waals surface area contributed by atoms with Crippen molar-refractivity contribution in [1.29, 1.82) is 0 Å². The molecule has 0 unspecified atom stereocenters. The van der Waals surface area contributed by atoms with Crippen LogP contribution in [0.4, 0.5) is 0 Å². The number of thiol groups is 1. The molecule has 132 valence electrons. The van der Waals surface area contributed by atoms with E-state index in [0.717, 1.165) is 0 Å². The summed E-state index contributed by atoms with van der Waals surface area (Å²) in [5.41, 5.74) is 0.438. The van der Waals surface area contributed by atoms with Crippen LogP contribution in [-0.2, 0) is 20.2 Å². The number of rotatable bonds is 10. The number of carbonyl (C=O) groups is 1. The molecule has 0 bridgehead atoms. The van der Waals surface area contributed by atoms with Crippen LogP contribution in [0.25, 0.3) is 0 Å². The smallest absolute Gasteiger partial charge is 0.311 e. The number of hydrogen-bond acceptors (Lipinski definition) is 10. The monoisotopic (exact) mass is 362 g/mol. The Morgan fingerprint density at radius 1 is 1.21 bits per heavy atom. The highest BCUT2D eigenvalue weighted by Gasteiger charge is 2.19. The highest BCUT2D eigenvalue weighted by Crippen LogP contribution is 2.24. The largest absolute Gasteiger partial charge is 0.508 e. The van der Waals surface area contributed by atoms with Crippen LogP contribution in [0.1, 0.15) is 12.0 Å². The first-order chi connectivity index (χ1) is 11.3. The minimum atomic E-state index is -1.08. The molecule has 1 rings (SSSR count). The molecule has 24 heavy (non-hydrogen) atoms. The summed E-state index contributed by atoms with van der Waals surface area (Å²) in [7, 11) is 0. The van der Waals surface area contributed by atoms with Gasteiger partial charge in [-0.3, -0.25) is 4.79 Å². The van der Waals surface area contributed by atoms with E-state index in [1.54, 1.807) is 0 Å². The van der Waals surface area contributed by atoms with Crippen LogP contribution >= 0.6 is 12.6 Å². The summed E-state index contributed by atoms with van der Waals surface area (Å²) in [6.45, 7) is -1.12. The van der Waals surface area contributed by atoms with Crippen molar-refractivity contribution in [3.05, 3.63) is 44.0 Å². The van der Waals surface area contributed by atoms with Gasteiger partial charge in [-0.1, -0.05) is 0 Å². The molecule has 0 atom stereocenters. The van der Waals surface area contributed by atoms with Gasteiger partial charge in [-0.15, -0.1) is 20.2 Å². The number of esters is 1. The molecule has 0 heterocycles. The molecule has 0 aliphatic carbocycles. The van der Waals surface area contributed by atoms with Crippen molar-refractivity contribution in [1.82, 2.24) is 0 Å². The van der Waals surface area contributed by atoms with E-state index in [2.05, 4.69) is 22.3 Å². The van der Waals surface area contributed by atoms with E-state index in [0.29, 0.717) is 5.56 Å². The SMILES string of the molecule is O=C(CC(CO[N+](=O)[O-])CO[N+](=O)[O-])Oc1ccc(O)c(CS)c1. The van der Waals surface area contributed by atoms with Crippen molar-refractivity contribution in [3.63, 3.8) is 0 Å². The molecule has 11 nitrogen and oxygen atoms in total. The molecule has 0 aliphatic heterocycles. The number of ether oxygens (including phenoxy) is 1. The average Bonchev–Trinajstić information content (AvgIpc) is 2.51. The first kappa shape index (κ1) is 19.3. The number of benzene rings is 1. The number of phenolic OH excluding ortho intramolecular Hbond substituents is 1. The molecule has 0 saturated heterocycles. The third-order valence-corrected chi connectivity index (χ3v) is 3.08. The van der Waals surface area contributed by atoms with Crippen LogP contribution < -0.4 is 4.74 Å². The molecule has 0 aromatic heterocycles. The molecule has 1 aromatic rings. The Labute approximate surface area is 140 Å². The highest BCUT2D eigenvalue weighted by molar-refractivity contribution is 7.79. The van der Waals surface area contributed by atoms with Crippen molar-refractivity contribution in [2.24, 2.45) is 5.92 Å². The lowest BCUT2D eigenvalue weighted by molar-refractivity contribution is -0.768. The highest BCUT2D eigenvalue weighted by atomic mass is 32.1. The molecule has 0 spiro atoms. The van der Waals surface area contributed by atoms with Gasteiger partial charge in [0.2, 0.25) is 0 Å². The fourth-order valence-electron chi connectivity index (χ4n) is 1.66. The lowest BCUT2D eigenvalue weighted by Crippen LogP contribution is -2.24. The van der Waals surface area contributed by atoms with Gasteiger partial charge >= 0.3 is 5.97 Å². The summed E-state index contributed by atoms with van der Waals surface area (Å²) in [4.78, 5) is 40.4. The Morgan fingerprint density at radius 2 is 1.79 bits per heavy atom. The van der Waals surface area contributed by atoms with Crippen LogP contribution in [0, 0.1) is 26.1 Å². The van der Waals surface area contributed by atoms with Gasteiger partial charge in [-0.25, -0.2) is 0 Å². The second kappa shape index (κ2) is 9.39. The number of carbonyl (C=O) groups excluding carboxylic acids is 1. The number of phenols is 1. The van der Waals surface area contributed by atoms with Gasteiger partial charge in [0.1, 0.15) is 24.7 Å². The zero-order valence-corrected chi connectivity index (χ0v) is 13.1. The zero-order chi connectivity index (χ0) is 18.1. The van der Waals surface area contributed by atoms with Gasteiger partial charge in [0, 0.05) is 17.2 Å². The predicted octanol–water partition coefficient (Wildman–Crippen LogP) is 1.15. The summed E-state index contributed by atoms with van der Waals surface area (Å²) in [6, 6.07) is 4.06. The van der Waals surface area contributed by atoms with E-state index in [1.807, 2.05) is 0 Å². The second-order valence-corrected chi connectivity index (χ2v) is 4.85. The quantitative estimate of drug-likeness (QED) is 0.205. The fraction of sp³-hybridized carbons (Fsp3) is 0.417. The van der Waals surface area contributed by atoms with Crippen molar-refractivity contribution >= 4 is 18.6 Å². The van der Waals surface area contributed by atoms with Gasteiger partial charge in [0.25, 0.3) is 10.2 Å². The summed E-state index contributed by atoms with van der Waals surface area (Å²) < 4.78 is 5.02. The van der Waals surface area contributed by atoms with Crippen LogP contribution in [0.2, 0.25) is 0 Å². The second-order valence-electron chi connectivity index (χ2n) is 4.53. The zero-order valence-electron chi connectivity index (χ0n) is 12.2. The van der Waals surface area contributed by atoms with E-state index >= 15 is 0 Å². The first-order valence-electron chi connectivity index (χ1n) is 6.49. The van der Waals surface area contributed by atoms with Crippen molar-refractivity contribution in [3.8, 4) is 11.5 Å². The summed E-state index contributed by atoms with van der Waals surface area (Å²) >= 11 is 4.01. The predicted molar refractivity (Wildman–Crippen MR) is 80.4 cm³/mol. The Hall–Kier alpha value is -2.76. The van der Waals surface area contributed by atoms with Gasteiger partial charge < -0.3 is 19.5 Å².